The Hall–Kier alpha value is -4.02. The van der Waals surface area contributed by atoms with Gasteiger partial charge in [0.25, 0.3) is 0 Å². The van der Waals surface area contributed by atoms with E-state index in [4.69, 9.17) is 14.6 Å². The highest BCUT2D eigenvalue weighted by Crippen LogP contribution is 2.40. The molecule has 3 unspecified atom stereocenters. The zero-order valence-corrected chi connectivity index (χ0v) is 24.4. The number of aliphatic hydroxyl groups excluding tert-OH is 1. The minimum atomic E-state index is -0.995. The molecule has 0 saturated carbocycles. The third-order valence-corrected chi connectivity index (χ3v) is 8.30. The summed E-state index contributed by atoms with van der Waals surface area (Å²) in [6.07, 6.45) is 1.42. The second kappa shape index (κ2) is 14.9. The first kappa shape index (κ1) is 30.4. The van der Waals surface area contributed by atoms with Crippen LogP contribution in [0.1, 0.15) is 53.9 Å². The number of ether oxygens (including phenoxy) is 2. The summed E-state index contributed by atoms with van der Waals surface area (Å²) in [5.41, 5.74) is 5.67. The van der Waals surface area contributed by atoms with E-state index in [1.54, 1.807) is 18.0 Å². The number of carboxylic acids is 1. The number of hydrogen-bond donors (Lipinski definition) is 3. The molecule has 1 aliphatic heterocycles. The van der Waals surface area contributed by atoms with Crippen molar-refractivity contribution in [1.29, 1.82) is 0 Å². The van der Waals surface area contributed by atoms with Crippen LogP contribution in [0.2, 0.25) is 0 Å². The van der Waals surface area contributed by atoms with Gasteiger partial charge in [0.2, 0.25) is 5.91 Å². The molecule has 1 aliphatic rings. The Kier molecular flexibility index (Phi) is 10.6. The molecule has 3 N–H and O–H groups in total. The maximum Gasteiger partial charge on any atom is 0.303 e. The van der Waals surface area contributed by atoms with E-state index in [1.165, 1.54) is 0 Å². The molecule has 0 spiro atoms. The molecule has 3 atom stereocenters. The van der Waals surface area contributed by atoms with Crippen molar-refractivity contribution in [3.63, 3.8) is 0 Å². The lowest BCUT2D eigenvalue weighted by atomic mass is 9.97. The van der Waals surface area contributed by atoms with E-state index >= 15 is 0 Å². The van der Waals surface area contributed by atoms with Crippen LogP contribution in [0, 0.1) is 0 Å². The number of hydrogen-bond acceptors (Lipinski definition) is 7. The quantitative estimate of drug-likeness (QED) is 0.169. The van der Waals surface area contributed by atoms with Crippen molar-refractivity contribution in [2.45, 2.75) is 55.9 Å². The van der Waals surface area contributed by atoms with E-state index in [-0.39, 0.29) is 37.6 Å². The lowest BCUT2D eigenvalue weighted by molar-refractivity contribution is -0.245. The Balaban J connectivity index is 1.31. The third kappa shape index (κ3) is 8.52. The number of nitrogens with one attached hydrogen (secondary N) is 1. The molecule has 9 heteroatoms. The van der Waals surface area contributed by atoms with E-state index in [0.717, 1.165) is 44.2 Å². The summed E-state index contributed by atoms with van der Waals surface area (Å²) in [6.45, 7) is 0.297. The molecule has 1 amide bonds. The van der Waals surface area contributed by atoms with Crippen LogP contribution < -0.4 is 5.32 Å². The maximum atomic E-state index is 12.1. The van der Waals surface area contributed by atoms with Crippen molar-refractivity contribution in [1.82, 2.24) is 10.3 Å². The van der Waals surface area contributed by atoms with E-state index in [0.29, 0.717) is 13.0 Å². The smallest absolute Gasteiger partial charge is 0.303 e. The van der Waals surface area contributed by atoms with Gasteiger partial charge in [-0.1, -0.05) is 78.9 Å². The molecule has 5 rings (SSSR count). The van der Waals surface area contributed by atoms with E-state index in [2.05, 4.69) is 10.3 Å². The highest BCUT2D eigenvalue weighted by molar-refractivity contribution is 7.99. The molecule has 2 heterocycles. The van der Waals surface area contributed by atoms with Crippen LogP contribution in [0.25, 0.3) is 11.1 Å². The van der Waals surface area contributed by atoms with Gasteiger partial charge in [-0.15, -0.1) is 11.8 Å². The average Bonchev–Trinajstić information content (AvgIpc) is 3.06. The van der Waals surface area contributed by atoms with Crippen LogP contribution in [0.4, 0.5) is 0 Å². The fourth-order valence-electron chi connectivity index (χ4n) is 4.91. The van der Waals surface area contributed by atoms with Gasteiger partial charge in [-0.3, -0.25) is 9.59 Å². The molecule has 0 bridgehead atoms. The monoisotopic (exact) mass is 598 g/mol. The minimum absolute atomic E-state index is 0.00650. The number of thioether (sulfide) groups is 1. The number of aliphatic carboxylic acids is 1. The average molecular weight is 599 g/mol. The number of carbonyl (C=O) groups is 2. The molecule has 1 aromatic heterocycles. The van der Waals surface area contributed by atoms with Gasteiger partial charge in [0.15, 0.2) is 6.29 Å². The van der Waals surface area contributed by atoms with Crippen LogP contribution in [0.3, 0.4) is 0 Å². The zero-order chi connectivity index (χ0) is 30.0. The lowest BCUT2D eigenvalue weighted by Gasteiger charge is -2.36. The van der Waals surface area contributed by atoms with Gasteiger partial charge in [0.1, 0.15) is 0 Å². The summed E-state index contributed by atoms with van der Waals surface area (Å²) >= 11 is 1.66. The van der Waals surface area contributed by atoms with Gasteiger partial charge in [0, 0.05) is 36.9 Å². The second-order valence-corrected chi connectivity index (χ2v) is 11.3. The van der Waals surface area contributed by atoms with E-state index in [1.807, 2.05) is 91.0 Å². The van der Waals surface area contributed by atoms with Gasteiger partial charge in [-0.25, -0.2) is 4.98 Å². The van der Waals surface area contributed by atoms with Crippen molar-refractivity contribution in [3.8, 4) is 11.1 Å². The predicted octanol–water partition coefficient (Wildman–Crippen LogP) is 6.06. The van der Waals surface area contributed by atoms with Crippen molar-refractivity contribution >= 4 is 23.6 Å². The number of carbonyl (C=O) groups excluding carboxylic acids is 1. The van der Waals surface area contributed by atoms with Crippen LogP contribution >= 0.6 is 11.8 Å². The molecule has 43 heavy (non-hydrogen) atoms. The first-order chi connectivity index (χ1) is 21.0. The van der Waals surface area contributed by atoms with Gasteiger partial charge >= 0.3 is 5.97 Å². The summed E-state index contributed by atoms with van der Waals surface area (Å²) < 4.78 is 13.0. The van der Waals surface area contributed by atoms with E-state index in [9.17, 15) is 14.7 Å². The van der Waals surface area contributed by atoms with Crippen molar-refractivity contribution in [2.24, 2.45) is 0 Å². The molecule has 8 nitrogen and oxygen atoms in total. The Morgan fingerprint density at radius 1 is 0.884 bits per heavy atom. The molecule has 4 aromatic rings. The van der Waals surface area contributed by atoms with Gasteiger partial charge in [0.05, 0.1) is 30.3 Å². The van der Waals surface area contributed by atoms with Crippen LogP contribution in [0.15, 0.2) is 102 Å². The standard InChI is InChI=1S/C34H34N2O6S/c37-21-23-8-10-25(11-9-23)30-19-28(22-43-32-7-3-4-18-35-32)41-34(42-30)26-14-12-24(13-15-26)29-6-2-1-5-27(29)20-36-31(38)16-17-33(39)40/h1-15,18,28,30,34,37H,16-17,19-22H2,(H,36,38)(H,39,40). The summed E-state index contributed by atoms with van der Waals surface area (Å²) in [5.74, 6) is -0.563. The van der Waals surface area contributed by atoms with E-state index < -0.39 is 12.3 Å². The predicted molar refractivity (Wildman–Crippen MR) is 164 cm³/mol. The van der Waals surface area contributed by atoms with Crippen LogP contribution in [-0.2, 0) is 32.2 Å². The van der Waals surface area contributed by atoms with Crippen molar-refractivity contribution < 1.29 is 29.3 Å². The SMILES string of the molecule is O=C(O)CCC(=O)NCc1ccccc1-c1ccc(C2OC(CSc3ccccn3)CC(c3ccc(CO)cc3)O2)cc1. The number of benzene rings is 3. The summed E-state index contributed by atoms with van der Waals surface area (Å²) in [5, 5.41) is 22.1. The number of nitrogens with zero attached hydrogens (tertiary/aromatic N) is 1. The Morgan fingerprint density at radius 3 is 2.35 bits per heavy atom. The summed E-state index contributed by atoms with van der Waals surface area (Å²) in [7, 11) is 0. The number of pyridine rings is 1. The third-order valence-electron chi connectivity index (χ3n) is 7.22. The number of aromatic nitrogens is 1. The molecule has 222 valence electrons. The molecule has 0 radical (unpaired) electrons. The minimum Gasteiger partial charge on any atom is -0.481 e. The van der Waals surface area contributed by atoms with Crippen LogP contribution in [-0.4, -0.2) is 38.9 Å². The molecule has 1 fully saturated rings. The number of carboxylic acid groups (broad SMARTS) is 1. The molecular weight excluding hydrogens is 564 g/mol. The second-order valence-electron chi connectivity index (χ2n) is 10.3. The largest absolute Gasteiger partial charge is 0.481 e. The molecule has 0 aliphatic carbocycles. The molecule has 1 saturated heterocycles. The Bertz CT molecular complexity index is 1500. The zero-order valence-electron chi connectivity index (χ0n) is 23.6. The first-order valence-electron chi connectivity index (χ1n) is 14.2. The van der Waals surface area contributed by atoms with Gasteiger partial charge in [-0.2, -0.15) is 0 Å². The van der Waals surface area contributed by atoms with Crippen molar-refractivity contribution in [2.75, 3.05) is 5.75 Å². The highest BCUT2D eigenvalue weighted by atomic mass is 32.2. The topological polar surface area (TPSA) is 118 Å². The molecular formula is C34H34N2O6S. The van der Waals surface area contributed by atoms with Crippen LogP contribution in [0.5, 0.6) is 0 Å². The fourth-order valence-corrected chi connectivity index (χ4v) is 5.79. The fraction of sp³-hybridized carbons (Fsp3) is 0.265. The first-order valence-corrected chi connectivity index (χ1v) is 15.2. The van der Waals surface area contributed by atoms with Gasteiger partial charge in [-0.05, 0) is 39.9 Å². The van der Waals surface area contributed by atoms with Gasteiger partial charge < -0.3 is 25.0 Å². The number of rotatable bonds is 12. The normalized spacial score (nSPS) is 18.2. The maximum absolute atomic E-state index is 12.1. The lowest BCUT2D eigenvalue weighted by Crippen LogP contribution is -2.31. The Morgan fingerprint density at radius 2 is 1.63 bits per heavy atom. The number of aliphatic hydroxyl groups is 1. The summed E-state index contributed by atoms with van der Waals surface area (Å²) in [6, 6.07) is 29.6. The molecule has 3 aromatic carbocycles. The number of amides is 1. The van der Waals surface area contributed by atoms with Crippen molar-refractivity contribution in [3.05, 3.63) is 119 Å². The highest BCUT2D eigenvalue weighted by Gasteiger charge is 2.32. The Labute approximate surface area is 255 Å². The summed E-state index contributed by atoms with van der Waals surface area (Å²) in [4.78, 5) is 27.3.